The largest absolute Gasteiger partial charge is 0.463 e. The Balaban J connectivity index is 2.17. The molecule has 2 rings (SSSR count). The molecule has 20 heavy (non-hydrogen) atoms. The number of aromatic nitrogens is 3. The second-order valence-corrected chi connectivity index (χ2v) is 5.12. The summed E-state index contributed by atoms with van der Waals surface area (Å²) in [6.45, 7) is 6.04. The molecule has 0 radical (unpaired) electrons. The fraction of sp³-hybridized carbons (Fsp3) is 0.769. The molecule has 0 spiro atoms. The van der Waals surface area contributed by atoms with Gasteiger partial charge in [-0.15, -0.1) is 0 Å². The molecule has 7 heteroatoms. The fourth-order valence-corrected chi connectivity index (χ4v) is 2.09. The van der Waals surface area contributed by atoms with Gasteiger partial charge in [-0.1, -0.05) is 13.8 Å². The lowest BCUT2D eigenvalue weighted by atomic mass is 9.96. The average Bonchev–Trinajstić information content (AvgIpc) is 2.47. The van der Waals surface area contributed by atoms with Gasteiger partial charge in [0.25, 0.3) is 0 Å². The van der Waals surface area contributed by atoms with E-state index in [9.17, 15) is 5.11 Å². The van der Waals surface area contributed by atoms with Gasteiger partial charge in [0.2, 0.25) is 11.9 Å². The summed E-state index contributed by atoms with van der Waals surface area (Å²) < 4.78 is 5.49. The molecule has 2 N–H and O–H groups in total. The highest BCUT2D eigenvalue weighted by Crippen LogP contribution is 2.22. The molecule has 1 aliphatic rings. The van der Waals surface area contributed by atoms with E-state index in [2.05, 4.69) is 27.2 Å². The summed E-state index contributed by atoms with van der Waals surface area (Å²) in [5.74, 6) is 1.35. The summed E-state index contributed by atoms with van der Waals surface area (Å²) >= 11 is 0. The van der Waals surface area contributed by atoms with E-state index in [1.54, 1.807) is 7.05 Å². The second kappa shape index (κ2) is 6.69. The molecule has 1 aromatic heterocycles. The van der Waals surface area contributed by atoms with Crippen LogP contribution >= 0.6 is 0 Å². The first-order valence-corrected chi connectivity index (χ1v) is 7.13. The minimum Gasteiger partial charge on any atom is -0.463 e. The van der Waals surface area contributed by atoms with Crippen LogP contribution in [0.15, 0.2) is 0 Å². The van der Waals surface area contributed by atoms with Crippen LogP contribution in [0.4, 0.5) is 11.9 Å². The SMILES string of the molecule is CCCOc1nc(NC)nc(N2CCC(C)C(O)C2)n1. The zero-order chi connectivity index (χ0) is 14.5. The van der Waals surface area contributed by atoms with Crippen molar-refractivity contribution in [1.29, 1.82) is 0 Å². The van der Waals surface area contributed by atoms with Crippen LogP contribution in [0, 0.1) is 5.92 Å². The summed E-state index contributed by atoms with van der Waals surface area (Å²) in [4.78, 5) is 14.8. The van der Waals surface area contributed by atoms with Crippen LogP contribution in [0.5, 0.6) is 6.01 Å². The summed E-state index contributed by atoms with van der Waals surface area (Å²) in [6.07, 6.45) is 1.47. The lowest BCUT2D eigenvalue weighted by Crippen LogP contribution is -2.43. The molecule has 7 nitrogen and oxygen atoms in total. The van der Waals surface area contributed by atoms with Crippen LogP contribution in [-0.2, 0) is 0 Å². The molecule has 0 bridgehead atoms. The number of hydrogen-bond acceptors (Lipinski definition) is 7. The number of aliphatic hydroxyl groups is 1. The van der Waals surface area contributed by atoms with Crippen LogP contribution in [0.3, 0.4) is 0 Å². The third-order valence-corrected chi connectivity index (χ3v) is 3.46. The van der Waals surface area contributed by atoms with Gasteiger partial charge >= 0.3 is 6.01 Å². The highest BCUT2D eigenvalue weighted by molar-refractivity contribution is 5.38. The maximum atomic E-state index is 9.99. The van der Waals surface area contributed by atoms with Gasteiger partial charge in [-0.3, -0.25) is 0 Å². The van der Waals surface area contributed by atoms with Crippen molar-refractivity contribution in [1.82, 2.24) is 15.0 Å². The van der Waals surface area contributed by atoms with E-state index in [1.807, 2.05) is 11.8 Å². The summed E-state index contributed by atoms with van der Waals surface area (Å²) in [5.41, 5.74) is 0. The molecule has 0 amide bonds. The highest BCUT2D eigenvalue weighted by atomic mass is 16.5. The van der Waals surface area contributed by atoms with Crippen molar-refractivity contribution in [3.8, 4) is 6.01 Å². The molecule has 1 saturated heterocycles. The molecular formula is C13H23N5O2. The number of piperidine rings is 1. The fourth-order valence-electron chi connectivity index (χ4n) is 2.09. The summed E-state index contributed by atoms with van der Waals surface area (Å²) in [5, 5.41) is 12.9. The summed E-state index contributed by atoms with van der Waals surface area (Å²) in [6, 6.07) is 0.328. The van der Waals surface area contributed by atoms with E-state index in [-0.39, 0.29) is 6.10 Å². The average molecular weight is 281 g/mol. The smallest absolute Gasteiger partial charge is 0.323 e. The molecule has 1 aliphatic heterocycles. The van der Waals surface area contributed by atoms with Gasteiger partial charge in [-0.05, 0) is 18.8 Å². The van der Waals surface area contributed by atoms with Gasteiger partial charge in [-0.25, -0.2) is 0 Å². The minimum atomic E-state index is -0.349. The lowest BCUT2D eigenvalue weighted by molar-refractivity contribution is 0.102. The van der Waals surface area contributed by atoms with Gasteiger partial charge < -0.3 is 20.1 Å². The zero-order valence-electron chi connectivity index (χ0n) is 12.3. The molecule has 2 unspecified atom stereocenters. The number of nitrogens with one attached hydrogen (secondary N) is 1. The molecule has 2 atom stereocenters. The number of ether oxygens (including phenoxy) is 1. The first-order chi connectivity index (χ1) is 9.63. The van der Waals surface area contributed by atoms with Crippen molar-refractivity contribution in [2.45, 2.75) is 32.8 Å². The molecular weight excluding hydrogens is 258 g/mol. The van der Waals surface area contributed by atoms with Gasteiger partial charge in [0, 0.05) is 20.1 Å². The normalized spacial score (nSPS) is 22.7. The van der Waals surface area contributed by atoms with E-state index in [1.165, 1.54) is 0 Å². The van der Waals surface area contributed by atoms with Crippen LogP contribution in [0.2, 0.25) is 0 Å². The Labute approximate surface area is 119 Å². The minimum absolute atomic E-state index is 0.313. The first kappa shape index (κ1) is 14.8. The molecule has 0 aliphatic carbocycles. The molecule has 1 fully saturated rings. The zero-order valence-corrected chi connectivity index (χ0v) is 12.3. The van der Waals surface area contributed by atoms with Gasteiger partial charge in [0.05, 0.1) is 12.7 Å². The molecule has 112 valence electrons. The Bertz CT molecular complexity index is 443. The maximum absolute atomic E-state index is 9.99. The molecule has 0 aromatic carbocycles. The third-order valence-electron chi connectivity index (χ3n) is 3.46. The van der Waals surface area contributed by atoms with Crippen molar-refractivity contribution in [3.63, 3.8) is 0 Å². The Kier molecular flexibility index (Phi) is 4.94. The van der Waals surface area contributed by atoms with Gasteiger partial charge in [-0.2, -0.15) is 15.0 Å². The van der Waals surface area contributed by atoms with E-state index in [4.69, 9.17) is 4.74 Å². The predicted octanol–water partition coefficient (Wildman–Crippen LogP) is 0.909. The van der Waals surface area contributed by atoms with Crippen molar-refractivity contribution in [3.05, 3.63) is 0 Å². The van der Waals surface area contributed by atoms with E-state index in [0.717, 1.165) is 19.4 Å². The van der Waals surface area contributed by atoms with Crippen molar-refractivity contribution in [2.24, 2.45) is 5.92 Å². The molecule has 1 aromatic rings. The Morgan fingerprint density at radius 2 is 2.20 bits per heavy atom. The van der Waals surface area contributed by atoms with Crippen molar-refractivity contribution < 1.29 is 9.84 Å². The monoisotopic (exact) mass is 281 g/mol. The number of nitrogens with zero attached hydrogens (tertiary/aromatic N) is 4. The highest BCUT2D eigenvalue weighted by Gasteiger charge is 2.26. The number of rotatable bonds is 5. The number of β-amino-alcohol motifs (C(OH)–C–C–N with tert-alkyl or cyclic N) is 1. The second-order valence-electron chi connectivity index (χ2n) is 5.12. The molecule has 2 heterocycles. The number of anilines is 2. The topological polar surface area (TPSA) is 83.4 Å². The third kappa shape index (κ3) is 3.47. The van der Waals surface area contributed by atoms with Crippen molar-refractivity contribution >= 4 is 11.9 Å². The summed E-state index contributed by atoms with van der Waals surface area (Å²) in [7, 11) is 1.76. The van der Waals surface area contributed by atoms with Gasteiger partial charge in [0.1, 0.15) is 0 Å². The molecule has 0 saturated carbocycles. The van der Waals surface area contributed by atoms with E-state index >= 15 is 0 Å². The lowest BCUT2D eigenvalue weighted by Gasteiger charge is -2.34. The van der Waals surface area contributed by atoms with Crippen LogP contribution in [-0.4, -0.2) is 52.9 Å². The van der Waals surface area contributed by atoms with Crippen LogP contribution in [0.1, 0.15) is 26.7 Å². The Morgan fingerprint density at radius 1 is 1.40 bits per heavy atom. The number of aliphatic hydroxyl groups excluding tert-OH is 1. The first-order valence-electron chi connectivity index (χ1n) is 7.13. The maximum Gasteiger partial charge on any atom is 0.323 e. The Hall–Kier alpha value is -1.63. The van der Waals surface area contributed by atoms with Gasteiger partial charge in [0.15, 0.2) is 0 Å². The quantitative estimate of drug-likeness (QED) is 0.830. The van der Waals surface area contributed by atoms with Crippen LogP contribution < -0.4 is 15.0 Å². The van der Waals surface area contributed by atoms with E-state index in [0.29, 0.717) is 37.0 Å². The van der Waals surface area contributed by atoms with E-state index < -0.39 is 0 Å². The number of hydrogen-bond donors (Lipinski definition) is 2. The van der Waals surface area contributed by atoms with Crippen molar-refractivity contribution in [2.75, 3.05) is 37.0 Å². The Morgan fingerprint density at radius 3 is 2.85 bits per heavy atom. The standard InChI is InChI=1S/C13H23N5O2/c1-4-7-20-13-16-11(14-3)15-12(17-13)18-6-5-9(2)10(19)8-18/h9-10,19H,4-8H2,1-3H3,(H,14,15,16,17). The predicted molar refractivity (Wildman–Crippen MR) is 77.2 cm³/mol. The van der Waals surface area contributed by atoms with Crippen LogP contribution in [0.25, 0.3) is 0 Å².